The molecule has 0 spiro atoms. The molecule has 2 heteroatoms. The van der Waals surface area contributed by atoms with Gasteiger partial charge in [0.15, 0.2) is 0 Å². The van der Waals surface area contributed by atoms with Crippen LogP contribution >= 0.6 is 11.6 Å². The number of rotatable bonds is 0. The maximum Gasteiger partial charge on any atom is 0.0449 e. The van der Waals surface area contributed by atoms with Gasteiger partial charge in [-0.3, -0.25) is 0 Å². The second-order valence-corrected chi connectivity index (χ2v) is 5.69. The average molecular weight is 224 g/mol. The van der Waals surface area contributed by atoms with E-state index in [-0.39, 0.29) is 11.5 Å². The first-order valence-electron chi connectivity index (χ1n) is 5.40. The van der Waals surface area contributed by atoms with E-state index in [1.54, 1.807) is 0 Å². The van der Waals surface area contributed by atoms with Crippen LogP contribution in [-0.4, -0.2) is 0 Å². The molecule has 1 atom stereocenters. The van der Waals surface area contributed by atoms with Crippen molar-refractivity contribution in [1.82, 2.24) is 0 Å². The van der Waals surface area contributed by atoms with Crippen molar-refractivity contribution in [3.63, 3.8) is 0 Å². The Balaban J connectivity index is 2.78. The molecule has 1 aliphatic carbocycles. The molecule has 0 bridgehead atoms. The molecule has 1 aromatic carbocycles. The fourth-order valence-corrected chi connectivity index (χ4v) is 3.33. The van der Waals surface area contributed by atoms with Gasteiger partial charge in [0.2, 0.25) is 0 Å². The fraction of sp³-hybridized carbons (Fsp3) is 0.538. The number of hydrogen-bond acceptors (Lipinski definition) is 1. The fourth-order valence-electron chi connectivity index (χ4n) is 2.80. The van der Waals surface area contributed by atoms with Crippen molar-refractivity contribution in [2.24, 2.45) is 5.73 Å². The Kier molecular flexibility index (Phi) is 2.36. The van der Waals surface area contributed by atoms with Crippen LogP contribution in [0.5, 0.6) is 0 Å². The molecule has 0 saturated heterocycles. The van der Waals surface area contributed by atoms with E-state index < -0.39 is 0 Å². The van der Waals surface area contributed by atoms with Crippen LogP contribution in [-0.2, 0) is 5.41 Å². The zero-order valence-corrected chi connectivity index (χ0v) is 10.6. The molecule has 0 saturated carbocycles. The molecule has 0 amide bonds. The summed E-state index contributed by atoms with van der Waals surface area (Å²) in [5, 5.41) is 0.881. The highest BCUT2D eigenvalue weighted by atomic mass is 35.5. The van der Waals surface area contributed by atoms with Gasteiger partial charge in [-0.15, -0.1) is 0 Å². The number of nitrogens with two attached hydrogens (primary N) is 1. The molecular weight excluding hydrogens is 206 g/mol. The standard InChI is InChI=1S/C13H18ClN/c1-7-5-9(14)12-11(8(7)2)10(15)6-13(12,3)4/h5,10H,6,15H2,1-4H3/t10-/m0/s1. The molecule has 1 aliphatic rings. The van der Waals surface area contributed by atoms with Gasteiger partial charge < -0.3 is 5.73 Å². The lowest BCUT2D eigenvalue weighted by Gasteiger charge is -2.21. The molecule has 0 radical (unpaired) electrons. The van der Waals surface area contributed by atoms with Gasteiger partial charge in [-0.25, -0.2) is 0 Å². The van der Waals surface area contributed by atoms with Gasteiger partial charge in [-0.1, -0.05) is 25.4 Å². The Morgan fingerprint density at radius 1 is 1.40 bits per heavy atom. The molecule has 2 rings (SSSR count). The Labute approximate surface area is 96.6 Å². The smallest absolute Gasteiger partial charge is 0.0449 e. The highest BCUT2D eigenvalue weighted by Crippen LogP contribution is 2.48. The van der Waals surface area contributed by atoms with Crippen molar-refractivity contribution in [2.75, 3.05) is 0 Å². The van der Waals surface area contributed by atoms with Crippen molar-refractivity contribution in [2.45, 2.75) is 45.6 Å². The lowest BCUT2D eigenvalue weighted by Crippen LogP contribution is -2.14. The van der Waals surface area contributed by atoms with Crippen molar-refractivity contribution in [3.8, 4) is 0 Å². The van der Waals surface area contributed by atoms with E-state index in [1.807, 2.05) is 0 Å². The first kappa shape index (κ1) is 11.0. The summed E-state index contributed by atoms with van der Waals surface area (Å²) in [6.07, 6.45) is 0.992. The Morgan fingerprint density at radius 2 is 2.00 bits per heavy atom. The summed E-state index contributed by atoms with van der Waals surface area (Å²) in [5.74, 6) is 0. The summed E-state index contributed by atoms with van der Waals surface area (Å²) in [7, 11) is 0. The van der Waals surface area contributed by atoms with E-state index in [1.165, 1.54) is 22.3 Å². The third-order valence-electron chi connectivity index (χ3n) is 3.62. The van der Waals surface area contributed by atoms with Gasteiger partial charge in [0.25, 0.3) is 0 Å². The second kappa shape index (κ2) is 3.23. The first-order valence-corrected chi connectivity index (χ1v) is 5.78. The Bertz CT molecular complexity index is 421. The highest BCUT2D eigenvalue weighted by Gasteiger charge is 2.38. The predicted molar refractivity (Wildman–Crippen MR) is 65.5 cm³/mol. The summed E-state index contributed by atoms with van der Waals surface area (Å²) >= 11 is 6.34. The maximum atomic E-state index is 6.34. The summed E-state index contributed by atoms with van der Waals surface area (Å²) in [6, 6.07) is 2.21. The number of aryl methyl sites for hydroxylation is 1. The second-order valence-electron chi connectivity index (χ2n) is 5.28. The lowest BCUT2D eigenvalue weighted by atomic mass is 9.85. The number of benzene rings is 1. The summed E-state index contributed by atoms with van der Waals surface area (Å²) in [5.41, 5.74) is 11.4. The third kappa shape index (κ3) is 1.49. The van der Waals surface area contributed by atoms with Crippen molar-refractivity contribution >= 4 is 11.6 Å². The minimum absolute atomic E-state index is 0.115. The van der Waals surface area contributed by atoms with E-state index in [2.05, 4.69) is 33.8 Å². The number of fused-ring (bicyclic) bond motifs is 1. The SMILES string of the molecule is Cc1cc(Cl)c2c(c1C)[C@@H](N)CC2(C)C. The van der Waals surface area contributed by atoms with E-state index in [9.17, 15) is 0 Å². The van der Waals surface area contributed by atoms with Gasteiger partial charge in [0, 0.05) is 11.1 Å². The van der Waals surface area contributed by atoms with Gasteiger partial charge in [-0.05, 0) is 54.0 Å². The molecule has 0 heterocycles. The van der Waals surface area contributed by atoms with E-state index in [4.69, 9.17) is 17.3 Å². The van der Waals surface area contributed by atoms with Gasteiger partial charge in [0.1, 0.15) is 0 Å². The Morgan fingerprint density at radius 3 is 2.60 bits per heavy atom. The summed E-state index contributed by atoms with van der Waals surface area (Å²) in [6.45, 7) is 8.68. The molecule has 0 unspecified atom stereocenters. The van der Waals surface area contributed by atoms with Crippen LogP contribution in [0.4, 0.5) is 0 Å². The quantitative estimate of drug-likeness (QED) is 0.714. The van der Waals surface area contributed by atoms with Crippen LogP contribution in [0.25, 0.3) is 0 Å². The molecule has 0 aromatic heterocycles. The van der Waals surface area contributed by atoms with E-state index >= 15 is 0 Å². The third-order valence-corrected chi connectivity index (χ3v) is 3.92. The molecule has 0 fully saturated rings. The molecule has 2 N–H and O–H groups in total. The predicted octanol–water partition coefficient (Wildman–Crippen LogP) is 3.64. The zero-order chi connectivity index (χ0) is 11.4. The molecule has 1 nitrogen and oxygen atoms in total. The number of halogens is 1. The normalized spacial score (nSPS) is 22.9. The largest absolute Gasteiger partial charge is 0.324 e. The number of hydrogen-bond donors (Lipinski definition) is 1. The van der Waals surface area contributed by atoms with E-state index in [0.717, 1.165) is 11.4 Å². The lowest BCUT2D eigenvalue weighted by molar-refractivity contribution is 0.481. The van der Waals surface area contributed by atoms with Crippen molar-refractivity contribution in [1.29, 1.82) is 0 Å². The molecule has 1 aromatic rings. The van der Waals surface area contributed by atoms with Crippen molar-refractivity contribution in [3.05, 3.63) is 33.3 Å². The monoisotopic (exact) mass is 223 g/mol. The molecule has 82 valence electrons. The molecular formula is C13H18ClN. The summed E-state index contributed by atoms with van der Waals surface area (Å²) < 4.78 is 0. The summed E-state index contributed by atoms with van der Waals surface area (Å²) in [4.78, 5) is 0. The zero-order valence-electron chi connectivity index (χ0n) is 9.82. The Hall–Kier alpha value is -0.530. The van der Waals surface area contributed by atoms with Crippen LogP contribution in [0.3, 0.4) is 0 Å². The molecule has 0 aliphatic heterocycles. The minimum Gasteiger partial charge on any atom is -0.324 e. The van der Waals surface area contributed by atoms with Crippen LogP contribution in [0, 0.1) is 13.8 Å². The highest BCUT2D eigenvalue weighted by molar-refractivity contribution is 6.31. The van der Waals surface area contributed by atoms with E-state index in [0.29, 0.717) is 0 Å². The maximum absolute atomic E-state index is 6.34. The van der Waals surface area contributed by atoms with Crippen LogP contribution in [0.1, 0.15) is 48.6 Å². The minimum atomic E-state index is 0.115. The average Bonchev–Trinajstić information content (AvgIpc) is 2.32. The first-order chi connectivity index (χ1) is 6.84. The van der Waals surface area contributed by atoms with Crippen molar-refractivity contribution < 1.29 is 0 Å². The van der Waals surface area contributed by atoms with Gasteiger partial charge >= 0.3 is 0 Å². The topological polar surface area (TPSA) is 26.0 Å². The van der Waals surface area contributed by atoms with Crippen LogP contribution in [0.2, 0.25) is 5.02 Å². The molecule has 15 heavy (non-hydrogen) atoms. The van der Waals surface area contributed by atoms with Crippen LogP contribution in [0.15, 0.2) is 6.07 Å². The van der Waals surface area contributed by atoms with Crippen LogP contribution < -0.4 is 5.73 Å². The van der Waals surface area contributed by atoms with Gasteiger partial charge in [0.05, 0.1) is 0 Å². The van der Waals surface area contributed by atoms with Gasteiger partial charge in [-0.2, -0.15) is 0 Å².